The second-order valence-corrected chi connectivity index (χ2v) is 4.64. The SMILES string of the molecule is SCC=CCOc1ccc(Cc2ccccc2)cc1. The van der Waals surface area contributed by atoms with E-state index >= 15 is 0 Å². The Bertz CT molecular complexity index is 503. The summed E-state index contributed by atoms with van der Waals surface area (Å²) in [5, 5.41) is 0. The van der Waals surface area contributed by atoms with Crippen molar-refractivity contribution in [3.8, 4) is 5.75 Å². The first-order chi connectivity index (χ1) is 9.38. The van der Waals surface area contributed by atoms with Crippen molar-refractivity contribution in [2.45, 2.75) is 6.42 Å². The summed E-state index contributed by atoms with van der Waals surface area (Å²) in [5.74, 6) is 1.65. The van der Waals surface area contributed by atoms with E-state index in [1.54, 1.807) is 0 Å². The largest absolute Gasteiger partial charge is 0.490 e. The molecule has 19 heavy (non-hydrogen) atoms. The minimum Gasteiger partial charge on any atom is -0.490 e. The van der Waals surface area contributed by atoms with Crippen molar-refractivity contribution in [3.05, 3.63) is 77.9 Å². The summed E-state index contributed by atoms with van der Waals surface area (Å²) in [6.07, 6.45) is 4.92. The van der Waals surface area contributed by atoms with Crippen LogP contribution in [0.3, 0.4) is 0 Å². The number of hydrogen-bond acceptors (Lipinski definition) is 2. The van der Waals surface area contributed by atoms with Gasteiger partial charge in [0.2, 0.25) is 0 Å². The number of benzene rings is 2. The van der Waals surface area contributed by atoms with Gasteiger partial charge in [0.05, 0.1) is 0 Å². The van der Waals surface area contributed by atoms with E-state index < -0.39 is 0 Å². The second kappa shape index (κ2) is 7.70. The molecule has 0 aliphatic heterocycles. The first-order valence-electron chi connectivity index (χ1n) is 6.40. The number of ether oxygens (including phenoxy) is 1. The minimum absolute atomic E-state index is 0.596. The van der Waals surface area contributed by atoms with Crippen LogP contribution in [0.1, 0.15) is 11.1 Å². The lowest BCUT2D eigenvalue weighted by molar-refractivity contribution is 0.362. The topological polar surface area (TPSA) is 9.23 Å². The summed E-state index contributed by atoms with van der Waals surface area (Å²) in [6.45, 7) is 0.596. The summed E-state index contributed by atoms with van der Waals surface area (Å²) in [5.41, 5.74) is 2.62. The first kappa shape index (κ1) is 13.8. The van der Waals surface area contributed by atoms with Crippen LogP contribution < -0.4 is 4.74 Å². The Labute approximate surface area is 120 Å². The van der Waals surface area contributed by atoms with Crippen LogP contribution >= 0.6 is 12.6 Å². The number of thiol groups is 1. The van der Waals surface area contributed by atoms with Crippen LogP contribution in [0, 0.1) is 0 Å². The highest BCUT2D eigenvalue weighted by Gasteiger charge is 1.97. The van der Waals surface area contributed by atoms with E-state index in [0.29, 0.717) is 6.61 Å². The Morgan fingerprint density at radius 1 is 0.842 bits per heavy atom. The van der Waals surface area contributed by atoms with Gasteiger partial charge in [-0.1, -0.05) is 54.6 Å². The molecule has 0 radical (unpaired) electrons. The summed E-state index contributed by atoms with van der Waals surface area (Å²) < 4.78 is 5.59. The Hall–Kier alpha value is -1.67. The highest BCUT2D eigenvalue weighted by atomic mass is 32.1. The van der Waals surface area contributed by atoms with Gasteiger partial charge in [0, 0.05) is 5.75 Å². The average molecular weight is 270 g/mol. The maximum atomic E-state index is 5.59. The fourth-order valence-corrected chi connectivity index (χ4v) is 1.97. The highest BCUT2D eigenvalue weighted by molar-refractivity contribution is 7.80. The Morgan fingerprint density at radius 3 is 2.21 bits per heavy atom. The molecular weight excluding hydrogens is 252 g/mol. The maximum absolute atomic E-state index is 5.59. The van der Waals surface area contributed by atoms with Gasteiger partial charge in [-0.05, 0) is 29.7 Å². The van der Waals surface area contributed by atoms with E-state index in [9.17, 15) is 0 Å². The molecule has 2 aromatic carbocycles. The van der Waals surface area contributed by atoms with Crippen LogP contribution in [0.5, 0.6) is 5.75 Å². The quantitative estimate of drug-likeness (QED) is 0.613. The molecule has 0 aliphatic rings. The molecule has 0 aromatic heterocycles. The summed E-state index contributed by atoms with van der Waals surface area (Å²) in [7, 11) is 0. The Kier molecular flexibility index (Phi) is 5.57. The van der Waals surface area contributed by atoms with Crippen molar-refractivity contribution in [2.24, 2.45) is 0 Å². The first-order valence-corrected chi connectivity index (χ1v) is 7.03. The third kappa shape index (κ3) is 4.84. The van der Waals surface area contributed by atoms with Gasteiger partial charge in [-0.3, -0.25) is 0 Å². The predicted octanol–water partition coefficient (Wildman–Crippen LogP) is 4.14. The molecule has 0 heterocycles. The summed E-state index contributed by atoms with van der Waals surface area (Å²) in [6, 6.07) is 18.7. The predicted molar refractivity (Wildman–Crippen MR) is 84.2 cm³/mol. The molecule has 0 spiro atoms. The van der Waals surface area contributed by atoms with Gasteiger partial charge in [0.1, 0.15) is 12.4 Å². The average Bonchev–Trinajstić information content (AvgIpc) is 2.46. The van der Waals surface area contributed by atoms with Crippen LogP contribution in [0.4, 0.5) is 0 Å². The molecule has 2 rings (SSSR count). The van der Waals surface area contributed by atoms with Crippen molar-refractivity contribution in [1.29, 1.82) is 0 Å². The monoisotopic (exact) mass is 270 g/mol. The fourth-order valence-electron chi connectivity index (χ4n) is 1.82. The highest BCUT2D eigenvalue weighted by Crippen LogP contribution is 2.15. The zero-order chi connectivity index (χ0) is 13.3. The lowest BCUT2D eigenvalue weighted by Gasteiger charge is -2.05. The molecule has 1 nitrogen and oxygen atoms in total. The van der Waals surface area contributed by atoms with E-state index in [-0.39, 0.29) is 0 Å². The zero-order valence-corrected chi connectivity index (χ0v) is 11.7. The molecule has 0 fully saturated rings. The van der Waals surface area contributed by atoms with Gasteiger partial charge >= 0.3 is 0 Å². The zero-order valence-electron chi connectivity index (χ0n) is 10.8. The third-order valence-corrected chi connectivity index (χ3v) is 3.00. The van der Waals surface area contributed by atoms with Crippen LogP contribution in [0.15, 0.2) is 66.7 Å². The standard InChI is InChI=1S/C17H18OS/c19-13-5-4-12-18-17-10-8-16(9-11-17)14-15-6-2-1-3-7-15/h1-11,19H,12-14H2. The molecule has 0 saturated heterocycles. The lowest BCUT2D eigenvalue weighted by atomic mass is 10.1. The smallest absolute Gasteiger partial charge is 0.119 e. The van der Waals surface area contributed by atoms with E-state index in [0.717, 1.165) is 17.9 Å². The second-order valence-electron chi connectivity index (χ2n) is 4.27. The molecule has 2 heteroatoms. The van der Waals surface area contributed by atoms with Crippen LogP contribution in [0.2, 0.25) is 0 Å². The van der Waals surface area contributed by atoms with Gasteiger partial charge in [-0.2, -0.15) is 12.6 Å². The van der Waals surface area contributed by atoms with Crippen molar-refractivity contribution < 1.29 is 4.74 Å². The van der Waals surface area contributed by atoms with E-state index in [4.69, 9.17) is 4.74 Å². The van der Waals surface area contributed by atoms with Gasteiger partial charge < -0.3 is 4.74 Å². The van der Waals surface area contributed by atoms with Crippen LogP contribution in [-0.2, 0) is 6.42 Å². The Morgan fingerprint density at radius 2 is 1.53 bits per heavy atom. The molecule has 0 bridgehead atoms. The molecule has 98 valence electrons. The molecule has 2 aromatic rings. The van der Waals surface area contributed by atoms with Crippen LogP contribution in [-0.4, -0.2) is 12.4 Å². The molecule has 0 N–H and O–H groups in total. The van der Waals surface area contributed by atoms with Gasteiger partial charge in [0.25, 0.3) is 0 Å². The van der Waals surface area contributed by atoms with E-state index in [1.165, 1.54) is 11.1 Å². The number of hydrogen-bond donors (Lipinski definition) is 1. The summed E-state index contributed by atoms with van der Waals surface area (Å²) >= 11 is 4.10. The molecule has 0 saturated carbocycles. The van der Waals surface area contributed by atoms with E-state index in [2.05, 4.69) is 49.0 Å². The van der Waals surface area contributed by atoms with Crippen LogP contribution in [0.25, 0.3) is 0 Å². The van der Waals surface area contributed by atoms with Crippen molar-refractivity contribution in [2.75, 3.05) is 12.4 Å². The van der Waals surface area contributed by atoms with Crippen molar-refractivity contribution in [3.63, 3.8) is 0 Å². The molecular formula is C17H18OS. The molecule has 0 atom stereocenters. The van der Waals surface area contributed by atoms with E-state index in [1.807, 2.05) is 30.4 Å². The van der Waals surface area contributed by atoms with Gasteiger partial charge in [0.15, 0.2) is 0 Å². The fraction of sp³-hybridized carbons (Fsp3) is 0.176. The molecule has 0 amide bonds. The van der Waals surface area contributed by atoms with Crippen molar-refractivity contribution >= 4 is 12.6 Å². The molecule has 0 unspecified atom stereocenters. The van der Waals surface area contributed by atoms with Crippen molar-refractivity contribution in [1.82, 2.24) is 0 Å². The Balaban J connectivity index is 1.89. The normalized spacial score (nSPS) is 10.8. The minimum atomic E-state index is 0.596. The van der Waals surface area contributed by atoms with Gasteiger partial charge in [-0.15, -0.1) is 0 Å². The molecule has 0 aliphatic carbocycles. The lowest BCUT2D eigenvalue weighted by Crippen LogP contribution is -1.94. The third-order valence-electron chi connectivity index (χ3n) is 2.79. The maximum Gasteiger partial charge on any atom is 0.119 e. The summed E-state index contributed by atoms with van der Waals surface area (Å²) in [4.78, 5) is 0. The number of rotatable bonds is 6. The van der Waals surface area contributed by atoms with Gasteiger partial charge in [-0.25, -0.2) is 0 Å².